The zero-order chi connectivity index (χ0) is 14.5. The summed E-state index contributed by atoms with van der Waals surface area (Å²) in [4.78, 5) is 13.9. The van der Waals surface area contributed by atoms with Crippen LogP contribution in [0.15, 0.2) is 18.2 Å². The van der Waals surface area contributed by atoms with E-state index in [1.807, 2.05) is 4.90 Å². The summed E-state index contributed by atoms with van der Waals surface area (Å²) in [6.07, 6.45) is 1.75. The Morgan fingerprint density at radius 3 is 3.10 bits per heavy atom. The van der Waals surface area contributed by atoms with Crippen LogP contribution in [-0.2, 0) is 4.79 Å². The van der Waals surface area contributed by atoms with Crippen LogP contribution in [0.5, 0.6) is 0 Å². The normalized spacial score (nSPS) is 19.2. The van der Waals surface area contributed by atoms with E-state index in [1.165, 1.54) is 18.2 Å². The second-order valence-corrected chi connectivity index (χ2v) is 5.19. The van der Waals surface area contributed by atoms with Crippen molar-refractivity contribution in [2.75, 3.05) is 37.3 Å². The molecule has 110 valence electrons. The minimum atomic E-state index is -0.493. The summed E-state index contributed by atoms with van der Waals surface area (Å²) in [5.41, 5.74) is 6.09. The molecule has 1 heterocycles. The van der Waals surface area contributed by atoms with Gasteiger partial charge in [0.25, 0.3) is 0 Å². The molecule has 6 heteroatoms. The van der Waals surface area contributed by atoms with Crippen molar-refractivity contribution >= 4 is 17.3 Å². The monoisotopic (exact) mass is 281 g/mol. The number of anilines is 2. The van der Waals surface area contributed by atoms with Crippen molar-refractivity contribution in [2.24, 2.45) is 5.92 Å². The number of carbonyl (C=O) groups is 1. The van der Waals surface area contributed by atoms with Crippen molar-refractivity contribution < 1.29 is 14.3 Å². The van der Waals surface area contributed by atoms with Gasteiger partial charge in [-0.3, -0.25) is 9.69 Å². The average Bonchev–Trinajstić information content (AvgIpc) is 2.81. The third-order valence-corrected chi connectivity index (χ3v) is 3.54. The number of nitrogens with two attached hydrogens (primary N) is 1. The molecule has 0 bridgehead atoms. The smallest absolute Gasteiger partial charge is 0.238 e. The van der Waals surface area contributed by atoms with Crippen LogP contribution in [0.3, 0.4) is 0 Å². The van der Waals surface area contributed by atoms with Gasteiger partial charge < -0.3 is 16.2 Å². The molecule has 0 aliphatic carbocycles. The van der Waals surface area contributed by atoms with Crippen molar-refractivity contribution in [3.05, 3.63) is 24.0 Å². The predicted octanol–water partition coefficient (Wildman–Crippen LogP) is 1.05. The molecular weight excluding hydrogens is 261 g/mol. The van der Waals surface area contributed by atoms with Gasteiger partial charge in [-0.15, -0.1) is 0 Å². The maximum absolute atomic E-state index is 13.5. The minimum Gasteiger partial charge on any atom is -0.399 e. The lowest BCUT2D eigenvalue weighted by atomic mass is 10.1. The standard InChI is InChI=1S/C14H20FN3O2/c15-12-2-1-11(16)7-13(12)17-14(20)9-18-5-3-10(8-18)4-6-19/h1-2,7,10,19H,3-6,8-9,16H2,(H,17,20). The molecule has 0 saturated carbocycles. The zero-order valence-electron chi connectivity index (χ0n) is 11.3. The second kappa shape index (κ2) is 6.67. The summed E-state index contributed by atoms with van der Waals surface area (Å²) in [5, 5.41) is 11.4. The highest BCUT2D eigenvalue weighted by molar-refractivity contribution is 5.92. The molecule has 2 rings (SSSR count). The number of rotatable bonds is 5. The van der Waals surface area contributed by atoms with E-state index in [2.05, 4.69) is 5.32 Å². The van der Waals surface area contributed by atoms with Gasteiger partial charge in [0.2, 0.25) is 5.91 Å². The van der Waals surface area contributed by atoms with Crippen molar-refractivity contribution in [2.45, 2.75) is 12.8 Å². The third-order valence-electron chi connectivity index (χ3n) is 3.54. The Bertz CT molecular complexity index is 481. The highest BCUT2D eigenvalue weighted by Gasteiger charge is 2.23. The molecule has 1 unspecified atom stereocenters. The maximum Gasteiger partial charge on any atom is 0.238 e. The van der Waals surface area contributed by atoms with E-state index in [-0.39, 0.29) is 24.7 Å². The Morgan fingerprint density at radius 2 is 2.35 bits per heavy atom. The van der Waals surface area contributed by atoms with Crippen LogP contribution in [0.4, 0.5) is 15.8 Å². The molecule has 1 atom stereocenters. The molecule has 1 fully saturated rings. The molecule has 1 aromatic rings. The fraction of sp³-hybridized carbons (Fsp3) is 0.500. The number of aliphatic hydroxyl groups excluding tert-OH is 1. The van der Waals surface area contributed by atoms with E-state index in [0.29, 0.717) is 11.6 Å². The van der Waals surface area contributed by atoms with Crippen LogP contribution < -0.4 is 11.1 Å². The molecule has 1 aliphatic rings. The Kier molecular flexibility index (Phi) is 4.92. The Labute approximate surface area is 117 Å². The first-order chi connectivity index (χ1) is 9.58. The van der Waals surface area contributed by atoms with Crippen LogP contribution in [0.1, 0.15) is 12.8 Å². The number of halogens is 1. The van der Waals surface area contributed by atoms with Crippen molar-refractivity contribution in [3.63, 3.8) is 0 Å². The molecule has 1 saturated heterocycles. The van der Waals surface area contributed by atoms with Crippen LogP contribution in [0.2, 0.25) is 0 Å². The Balaban J connectivity index is 1.85. The van der Waals surface area contributed by atoms with E-state index in [4.69, 9.17) is 10.8 Å². The number of hydrogen-bond acceptors (Lipinski definition) is 4. The van der Waals surface area contributed by atoms with E-state index >= 15 is 0 Å². The zero-order valence-corrected chi connectivity index (χ0v) is 11.3. The largest absolute Gasteiger partial charge is 0.399 e. The van der Waals surface area contributed by atoms with Crippen LogP contribution >= 0.6 is 0 Å². The molecule has 0 aromatic heterocycles. The number of nitrogens with zero attached hydrogens (tertiary/aromatic N) is 1. The number of likely N-dealkylation sites (tertiary alicyclic amines) is 1. The van der Waals surface area contributed by atoms with Crippen LogP contribution in [0, 0.1) is 11.7 Å². The van der Waals surface area contributed by atoms with Crippen LogP contribution in [-0.4, -0.2) is 42.2 Å². The van der Waals surface area contributed by atoms with E-state index < -0.39 is 5.82 Å². The van der Waals surface area contributed by atoms with Gasteiger partial charge >= 0.3 is 0 Å². The quantitative estimate of drug-likeness (QED) is 0.705. The van der Waals surface area contributed by atoms with E-state index in [1.54, 1.807) is 0 Å². The number of nitrogens with one attached hydrogen (secondary N) is 1. The van der Waals surface area contributed by atoms with Gasteiger partial charge in [0.05, 0.1) is 12.2 Å². The highest BCUT2D eigenvalue weighted by Crippen LogP contribution is 2.20. The molecule has 4 N–H and O–H groups in total. The highest BCUT2D eigenvalue weighted by atomic mass is 19.1. The summed E-state index contributed by atoms with van der Waals surface area (Å²) < 4.78 is 13.5. The molecule has 0 spiro atoms. The fourth-order valence-corrected chi connectivity index (χ4v) is 2.51. The Hall–Kier alpha value is -1.66. The van der Waals surface area contributed by atoms with Crippen LogP contribution in [0.25, 0.3) is 0 Å². The lowest BCUT2D eigenvalue weighted by Gasteiger charge is -2.15. The van der Waals surface area contributed by atoms with Gasteiger partial charge in [-0.2, -0.15) is 0 Å². The first-order valence-electron chi connectivity index (χ1n) is 6.76. The van der Waals surface area contributed by atoms with E-state index in [0.717, 1.165) is 25.9 Å². The summed E-state index contributed by atoms with van der Waals surface area (Å²) >= 11 is 0. The molecule has 0 radical (unpaired) electrons. The maximum atomic E-state index is 13.5. The average molecular weight is 281 g/mol. The summed E-state index contributed by atoms with van der Waals surface area (Å²) in [5.74, 6) is -0.303. The number of nitrogen functional groups attached to an aromatic ring is 1. The Morgan fingerprint density at radius 1 is 1.55 bits per heavy atom. The number of benzene rings is 1. The van der Waals surface area contributed by atoms with Crippen molar-refractivity contribution in [1.82, 2.24) is 4.90 Å². The number of amides is 1. The molecule has 1 aromatic carbocycles. The van der Waals surface area contributed by atoms with Crippen molar-refractivity contribution in [1.29, 1.82) is 0 Å². The molecule has 1 aliphatic heterocycles. The molecule has 5 nitrogen and oxygen atoms in total. The van der Waals surface area contributed by atoms with Gasteiger partial charge in [-0.25, -0.2) is 4.39 Å². The molecular formula is C14H20FN3O2. The summed E-state index contributed by atoms with van der Waals surface area (Å²) in [6, 6.07) is 4.09. The van der Waals surface area contributed by atoms with E-state index in [9.17, 15) is 9.18 Å². The summed E-state index contributed by atoms with van der Waals surface area (Å²) in [7, 11) is 0. The first kappa shape index (κ1) is 14.7. The van der Waals surface area contributed by atoms with Gasteiger partial charge in [0.15, 0.2) is 0 Å². The first-order valence-corrected chi connectivity index (χ1v) is 6.76. The van der Waals surface area contributed by atoms with Gasteiger partial charge in [0, 0.05) is 18.8 Å². The second-order valence-electron chi connectivity index (χ2n) is 5.19. The number of hydrogen-bond donors (Lipinski definition) is 3. The number of aliphatic hydroxyl groups is 1. The summed E-state index contributed by atoms with van der Waals surface area (Å²) in [6.45, 7) is 2.04. The third kappa shape index (κ3) is 3.91. The lowest BCUT2D eigenvalue weighted by Crippen LogP contribution is -2.31. The number of carbonyl (C=O) groups excluding carboxylic acids is 1. The topological polar surface area (TPSA) is 78.6 Å². The SMILES string of the molecule is Nc1ccc(F)c(NC(=O)CN2CCC(CCO)C2)c1. The molecule has 1 amide bonds. The van der Waals surface area contributed by atoms with Gasteiger partial charge in [-0.05, 0) is 43.5 Å². The van der Waals surface area contributed by atoms with Crippen molar-refractivity contribution in [3.8, 4) is 0 Å². The van der Waals surface area contributed by atoms with Gasteiger partial charge in [-0.1, -0.05) is 0 Å². The minimum absolute atomic E-state index is 0.112. The predicted molar refractivity (Wildman–Crippen MR) is 75.7 cm³/mol. The van der Waals surface area contributed by atoms with Gasteiger partial charge in [0.1, 0.15) is 5.82 Å². The lowest BCUT2D eigenvalue weighted by molar-refractivity contribution is -0.117. The fourth-order valence-electron chi connectivity index (χ4n) is 2.51. The molecule has 20 heavy (non-hydrogen) atoms.